The van der Waals surface area contributed by atoms with Crippen LogP contribution in [0.4, 0.5) is 8.78 Å². The van der Waals surface area contributed by atoms with Gasteiger partial charge in [-0.15, -0.1) is 0 Å². The molecule has 0 saturated carbocycles. The first-order valence-corrected chi connectivity index (χ1v) is 7.14. The largest absolute Gasteiger partial charge is 0.434 e. The van der Waals surface area contributed by atoms with Gasteiger partial charge >= 0.3 is 6.61 Å². The first-order chi connectivity index (χ1) is 10.1. The Kier molecular flexibility index (Phi) is 5.36. The van der Waals surface area contributed by atoms with Crippen molar-refractivity contribution >= 4 is 5.96 Å². The first-order valence-electron chi connectivity index (χ1n) is 7.14. The van der Waals surface area contributed by atoms with E-state index in [1.807, 2.05) is 4.90 Å². The number of hydrogen-bond donors (Lipinski definition) is 1. The third-order valence-corrected chi connectivity index (χ3v) is 3.71. The molecule has 1 heterocycles. The number of benzene rings is 1. The Balaban J connectivity index is 1.99. The summed E-state index contributed by atoms with van der Waals surface area (Å²) < 4.78 is 29.2. The van der Waals surface area contributed by atoms with Gasteiger partial charge in [0, 0.05) is 18.7 Å². The Bertz CT molecular complexity index is 486. The van der Waals surface area contributed by atoms with Gasteiger partial charge in [-0.25, -0.2) is 4.99 Å². The maximum Gasteiger partial charge on any atom is 0.387 e. The normalized spacial score (nSPS) is 17.3. The van der Waals surface area contributed by atoms with Gasteiger partial charge in [0.1, 0.15) is 5.75 Å². The number of rotatable bonds is 4. The van der Waals surface area contributed by atoms with E-state index in [4.69, 9.17) is 5.73 Å². The molecule has 0 bridgehead atoms. The Labute approximate surface area is 123 Å². The fourth-order valence-corrected chi connectivity index (χ4v) is 2.35. The van der Waals surface area contributed by atoms with E-state index in [0.717, 1.165) is 25.9 Å². The highest BCUT2D eigenvalue weighted by Crippen LogP contribution is 2.21. The zero-order valence-electron chi connectivity index (χ0n) is 12.1. The van der Waals surface area contributed by atoms with Crippen LogP contribution >= 0.6 is 0 Å². The molecule has 1 saturated heterocycles. The SMILES string of the molecule is CC1CCN(C(N)=NCc2ccccc2OC(F)F)CC1. The number of para-hydroxylation sites is 1. The second-order valence-corrected chi connectivity index (χ2v) is 5.33. The average Bonchev–Trinajstić information content (AvgIpc) is 2.46. The van der Waals surface area contributed by atoms with Gasteiger partial charge in [-0.05, 0) is 24.8 Å². The highest BCUT2D eigenvalue weighted by Gasteiger charge is 2.17. The summed E-state index contributed by atoms with van der Waals surface area (Å²) in [5.41, 5.74) is 6.58. The fraction of sp³-hybridized carbons (Fsp3) is 0.533. The summed E-state index contributed by atoms with van der Waals surface area (Å²) in [4.78, 5) is 6.34. The maximum absolute atomic E-state index is 12.3. The van der Waals surface area contributed by atoms with Crippen LogP contribution in [0.3, 0.4) is 0 Å². The molecule has 2 rings (SSSR count). The number of hydrogen-bond acceptors (Lipinski definition) is 2. The molecule has 0 amide bonds. The molecule has 0 spiro atoms. The molecular weight excluding hydrogens is 276 g/mol. The Morgan fingerprint density at radius 2 is 2.05 bits per heavy atom. The molecule has 1 aliphatic heterocycles. The second-order valence-electron chi connectivity index (χ2n) is 5.33. The van der Waals surface area contributed by atoms with E-state index in [9.17, 15) is 8.78 Å². The van der Waals surface area contributed by atoms with Crippen molar-refractivity contribution in [3.05, 3.63) is 29.8 Å². The topological polar surface area (TPSA) is 50.8 Å². The predicted molar refractivity (Wildman–Crippen MR) is 78.4 cm³/mol. The molecule has 0 aliphatic carbocycles. The molecule has 4 nitrogen and oxygen atoms in total. The summed E-state index contributed by atoms with van der Waals surface area (Å²) >= 11 is 0. The van der Waals surface area contributed by atoms with Gasteiger partial charge in [-0.1, -0.05) is 25.1 Å². The number of nitrogens with zero attached hydrogens (tertiary/aromatic N) is 2. The number of alkyl halides is 2. The average molecular weight is 297 g/mol. The predicted octanol–water partition coefficient (Wildman–Crippen LogP) is 2.83. The van der Waals surface area contributed by atoms with Crippen LogP contribution in [-0.2, 0) is 6.54 Å². The Morgan fingerprint density at radius 3 is 2.71 bits per heavy atom. The van der Waals surface area contributed by atoms with Crippen LogP contribution in [0.5, 0.6) is 5.75 Å². The van der Waals surface area contributed by atoms with Crippen LogP contribution in [0.15, 0.2) is 29.3 Å². The van der Waals surface area contributed by atoms with Crippen molar-refractivity contribution < 1.29 is 13.5 Å². The number of likely N-dealkylation sites (tertiary alicyclic amines) is 1. The molecular formula is C15H21F2N3O. The summed E-state index contributed by atoms with van der Waals surface area (Å²) in [6.07, 6.45) is 2.20. The van der Waals surface area contributed by atoms with Gasteiger partial charge in [-0.2, -0.15) is 8.78 Å². The van der Waals surface area contributed by atoms with E-state index in [1.54, 1.807) is 18.2 Å². The van der Waals surface area contributed by atoms with Crippen LogP contribution in [0.1, 0.15) is 25.3 Å². The van der Waals surface area contributed by atoms with Crippen molar-refractivity contribution in [1.82, 2.24) is 4.90 Å². The smallest absolute Gasteiger partial charge is 0.387 e. The number of aliphatic imine (C=N–C) groups is 1. The molecule has 6 heteroatoms. The lowest BCUT2D eigenvalue weighted by Gasteiger charge is -2.31. The first kappa shape index (κ1) is 15.5. The Morgan fingerprint density at radius 1 is 1.38 bits per heavy atom. The molecule has 21 heavy (non-hydrogen) atoms. The third kappa shape index (κ3) is 4.58. The van der Waals surface area contributed by atoms with Gasteiger partial charge in [-0.3, -0.25) is 0 Å². The number of halogens is 2. The molecule has 2 N–H and O–H groups in total. The van der Waals surface area contributed by atoms with E-state index in [-0.39, 0.29) is 12.3 Å². The van der Waals surface area contributed by atoms with Crippen LogP contribution < -0.4 is 10.5 Å². The van der Waals surface area contributed by atoms with Gasteiger partial charge < -0.3 is 15.4 Å². The number of nitrogens with two attached hydrogens (primary N) is 1. The minimum Gasteiger partial charge on any atom is -0.434 e. The van der Waals surface area contributed by atoms with Crippen molar-refractivity contribution in [2.24, 2.45) is 16.6 Å². The molecule has 1 fully saturated rings. The number of guanidine groups is 1. The lowest BCUT2D eigenvalue weighted by atomic mass is 10.00. The van der Waals surface area contributed by atoms with Crippen molar-refractivity contribution in [1.29, 1.82) is 0 Å². The van der Waals surface area contributed by atoms with E-state index >= 15 is 0 Å². The molecule has 1 aromatic rings. The standard InChI is InChI=1S/C15H21F2N3O/c1-11-6-8-20(9-7-11)15(18)19-10-12-4-2-3-5-13(12)21-14(16)17/h2-5,11,14H,6-10H2,1H3,(H2,18,19). The molecule has 116 valence electrons. The maximum atomic E-state index is 12.3. The molecule has 1 aliphatic rings. The summed E-state index contributed by atoms with van der Waals surface area (Å²) in [6.45, 7) is 1.41. The zero-order valence-corrected chi connectivity index (χ0v) is 12.1. The van der Waals surface area contributed by atoms with E-state index in [1.165, 1.54) is 6.07 Å². The van der Waals surface area contributed by atoms with Gasteiger partial charge in [0.25, 0.3) is 0 Å². The minimum absolute atomic E-state index is 0.149. The van der Waals surface area contributed by atoms with Gasteiger partial charge in [0.2, 0.25) is 0 Å². The summed E-state index contributed by atoms with van der Waals surface area (Å²) in [5, 5.41) is 0. The van der Waals surface area contributed by atoms with Crippen molar-refractivity contribution in [2.45, 2.75) is 32.9 Å². The molecule has 0 aromatic heterocycles. The van der Waals surface area contributed by atoms with Gasteiger partial charge in [0.05, 0.1) is 6.54 Å². The highest BCUT2D eigenvalue weighted by atomic mass is 19.3. The van der Waals surface area contributed by atoms with Crippen molar-refractivity contribution in [2.75, 3.05) is 13.1 Å². The lowest BCUT2D eigenvalue weighted by Crippen LogP contribution is -2.42. The quantitative estimate of drug-likeness (QED) is 0.687. The molecule has 0 atom stereocenters. The second kappa shape index (κ2) is 7.24. The van der Waals surface area contributed by atoms with Gasteiger partial charge in [0.15, 0.2) is 5.96 Å². The van der Waals surface area contributed by atoms with E-state index in [2.05, 4.69) is 16.7 Å². The lowest BCUT2D eigenvalue weighted by molar-refractivity contribution is -0.0504. The monoisotopic (exact) mass is 297 g/mol. The fourth-order valence-electron chi connectivity index (χ4n) is 2.35. The van der Waals surface area contributed by atoms with Crippen LogP contribution in [0.25, 0.3) is 0 Å². The Hall–Kier alpha value is -1.85. The minimum atomic E-state index is -2.84. The van der Waals surface area contributed by atoms with Crippen LogP contribution in [0.2, 0.25) is 0 Å². The summed E-state index contributed by atoms with van der Waals surface area (Å²) in [6, 6.07) is 6.64. The summed E-state index contributed by atoms with van der Waals surface area (Å²) in [7, 11) is 0. The van der Waals surface area contributed by atoms with Crippen molar-refractivity contribution in [3.63, 3.8) is 0 Å². The molecule has 0 unspecified atom stereocenters. The summed E-state index contributed by atoms with van der Waals surface area (Å²) in [5.74, 6) is 1.33. The van der Waals surface area contributed by atoms with E-state index in [0.29, 0.717) is 17.4 Å². The highest BCUT2D eigenvalue weighted by molar-refractivity contribution is 5.78. The third-order valence-electron chi connectivity index (χ3n) is 3.71. The van der Waals surface area contributed by atoms with Crippen LogP contribution in [-0.4, -0.2) is 30.6 Å². The van der Waals surface area contributed by atoms with E-state index < -0.39 is 6.61 Å². The molecule has 1 aromatic carbocycles. The number of piperidine rings is 1. The van der Waals surface area contributed by atoms with Crippen LogP contribution in [0, 0.1) is 5.92 Å². The molecule has 0 radical (unpaired) electrons. The number of ether oxygens (including phenoxy) is 1. The zero-order chi connectivity index (χ0) is 15.2. The van der Waals surface area contributed by atoms with Crippen molar-refractivity contribution in [3.8, 4) is 5.75 Å².